The fraction of sp³-hybridized carbons (Fsp3) is 0.708. The van der Waals surface area contributed by atoms with Crippen LogP contribution in [-0.2, 0) is 33.3 Å². The third-order valence-corrected chi connectivity index (χ3v) is 8.65. The van der Waals surface area contributed by atoms with Crippen LogP contribution in [0.2, 0.25) is 0 Å². The molecule has 2 saturated heterocycles. The Morgan fingerprint density at radius 1 is 1.18 bits per heavy atom. The Morgan fingerprint density at radius 2 is 1.79 bits per heavy atom. The summed E-state index contributed by atoms with van der Waals surface area (Å²) in [4.78, 5) is 36.5. The lowest BCUT2D eigenvalue weighted by molar-refractivity contribution is -0.207. The molecular formula is C24H31ClO9. The van der Waals surface area contributed by atoms with Gasteiger partial charge in [-0.2, -0.15) is 0 Å². The lowest BCUT2D eigenvalue weighted by Crippen LogP contribution is -2.67. The molecule has 2 N–H and O–H groups in total. The number of carbonyl (C=O) groups is 3. The van der Waals surface area contributed by atoms with E-state index in [1.54, 1.807) is 26.0 Å². The lowest BCUT2D eigenvalue weighted by Gasteiger charge is -2.53. The standard InChI is InChI=1S/C24H31ClO9/c1-9-7-8-14(31-12(4)26)23(6)15(10(2)17(32-13(5)27)18-21(23)33-18)19(28)24(30)11(3)22(29)34-20(24)16(9)25/h7-8,10-11,14-21,28,30H,1H2,2-6H3/b8-7-/t10-,11+,14+,15-,16+,17+,18+,19+,20+,21+,23-,24-/m1/s1. The Hall–Kier alpha value is -1.94. The molecule has 1 saturated carbocycles. The molecule has 0 amide bonds. The number of aliphatic hydroxyl groups is 2. The summed E-state index contributed by atoms with van der Waals surface area (Å²) in [5, 5.41) is 22.8. The van der Waals surface area contributed by atoms with Gasteiger partial charge in [-0.1, -0.05) is 26.5 Å². The lowest BCUT2D eigenvalue weighted by atomic mass is 9.54. The zero-order valence-corrected chi connectivity index (χ0v) is 20.5. The molecule has 4 rings (SSSR count). The Balaban J connectivity index is 1.92. The SMILES string of the molecule is C=C1/C=C\[C@H](OC(C)=O)[C@]2(C)[C@H]([C@@H](C)[C@H](OC(C)=O)[C@@H]3O[C@@H]32)[C@H](O)[C@]2(O)[C@@H](C)C(=O)O[C@H]2[C@H]1Cl. The van der Waals surface area contributed by atoms with Crippen LogP contribution in [0.5, 0.6) is 0 Å². The van der Waals surface area contributed by atoms with Crippen molar-refractivity contribution in [2.24, 2.45) is 23.2 Å². The number of halogens is 1. The van der Waals surface area contributed by atoms with Gasteiger partial charge in [-0.15, -0.1) is 11.6 Å². The van der Waals surface area contributed by atoms with Crippen molar-refractivity contribution < 1.29 is 43.5 Å². The maximum absolute atomic E-state index is 12.6. The van der Waals surface area contributed by atoms with Gasteiger partial charge in [-0.05, 0) is 18.6 Å². The highest BCUT2D eigenvalue weighted by molar-refractivity contribution is 6.23. The van der Waals surface area contributed by atoms with Gasteiger partial charge in [0.25, 0.3) is 0 Å². The average molecular weight is 499 g/mol. The molecule has 188 valence electrons. The van der Waals surface area contributed by atoms with Crippen molar-refractivity contribution in [2.45, 2.75) is 82.2 Å². The monoisotopic (exact) mass is 498 g/mol. The van der Waals surface area contributed by atoms with Crippen LogP contribution < -0.4 is 0 Å². The summed E-state index contributed by atoms with van der Waals surface area (Å²) in [7, 11) is 0. The van der Waals surface area contributed by atoms with Crippen LogP contribution in [-0.4, -0.2) is 75.7 Å². The van der Waals surface area contributed by atoms with Crippen molar-refractivity contribution in [1.29, 1.82) is 0 Å². The number of hydrogen-bond acceptors (Lipinski definition) is 9. The second kappa shape index (κ2) is 8.33. The van der Waals surface area contributed by atoms with Gasteiger partial charge in [-0.3, -0.25) is 14.4 Å². The third-order valence-electron chi connectivity index (χ3n) is 8.14. The molecule has 0 aromatic heterocycles. The molecule has 2 heterocycles. The highest BCUT2D eigenvalue weighted by atomic mass is 35.5. The molecule has 0 radical (unpaired) electrons. The number of alkyl halides is 1. The van der Waals surface area contributed by atoms with E-state index in [-0.39, 0.29) is 0 Å². The number of esters is 3. The molecule has 10 heteroatoms. The molecule has 12 atom stereocenters. The second-order valence-corrected chi connectivity index (χ2v) is 10.6. The summed E-state index contributed by atoms with van der Waals surface area (Å²) in [6.07, 6.45) is -2.31. The highest BCUT2D eigenvalue weighted by Crippen LogP contribution is 2.61. The van der Waals surface area contributed by atoms with E-state index in [9.17, 15) is 24.6 Å². The normalized spacial score (nSPS) is 50.7. The van der Waals surface area contributed by atoms with Crippen LogP contribution in [0, 0.1) is 23.2 Å². The van der Waals surface area contributed by atoms with Crippen molar-refractivity contribution >= 4 is 29.5 Å². The number of ether oxygens (including phenoxy) is 4. The van der Waals surface area contributed by atoms with E-state index >= 15 is 0 Å². The molecule has 2 aliphatic carbocycles. The van der Waals surface area contributed by atoms with E-state index in [0.29, 0.717) is 5.57 Å². The maximum atomic E-state index is 12.6. The molecule has 0 unspecified atom stereocenters. The molecule has 2 aliphatic heterocycles. The van der Waals surface area contributed by atoms with Crippen molar-refractivity contribution in [3.05, 3.63) is 24.3 Å². The summed E-state index contributed by atoms with van der Waals surface area (Å²) in [6.45, 7) is 11.5. The van der Waals surface area contributed by atoms with E-state index in [1.165, 1.54) is 20.8 Å². The van der Waals surface area contributed by atoms with Gasteiger partial charge < -0.3 is 29.2 Å². The van der Waals surface area contributed by atoms with E-state index < -0.39 is 88.7 Å². The van der Waals surface area contributed by atoms with E-state index in [2.05, 4.69) is 6.58 Å². The highest BCUT2D eigenvalue weighted by Gasteiger charge is 2.74. The Labute approximate surface area is 203 Å². The maximum Gasteiger partial charge on any atom is 0.312 e. The zero-order chi connectivity index (χ0) is 25.3. The fourth-order valence-corrected chi connectivity index (χ4v) is 6.62. The summed E-state index contributed by atoms with van der Waals surface area (Å²) < 4.78 is 22.7. The first kappa shape index (κ1) is 25.2. The smallest absolute Gasteiger partial charge is 0.312 e. The first-order valence-corrected chi connectivity index (χ1v) is 11.8. The van der Waals surface area contributed by atoms with Crippen molar-refractivity contribution in [3.8, 4) is 0 Å². The number of carbonyl (C=O) groups excluding carboxylic acids is 3. The van der Waals surface area contributed by atoms with Gasteiger partial charge >= 0.3 is 17.9 Å². The molecule has 9 nitrogen and oxygen atoms in total. The molecular weight excluding hydrogens is 468 g/mol. The second-order valence-electron chi connectivity index (χ2n) is 10.1. The predicted molar refractivity (Wildman–Crippen MR) is 118 cm³/mol. The Kier molecular flexibility index (Phi) is 6.16. The van der Waals surface area contributed by atoms with Gasteiger partial charge in [0.1, 0.15) is 23.9 Å². The number of aliphatic hydroxyl groups excluding tert-OH is 1. The Morgan fingerprint density at radius 3 is 2.38 bits per heavy atom. The number of rotatable bonds is 2. The van der Waals surface area contributed by atoms with Crippen molar-refractivity contribution in [1.82, 2.24) is 0 Å². The zero-order valence-electron chi connectivity index (χ0n) is 19.8. The van der Waals surface area contributed by atoms with Gasteiger partial charge in [0.15, 0.2) is 6.10 Å². The van der Waals surface area contributed by atoms with Crippen LogP contribution in [0.4, 0.5) is 0 Å². The van der Waals surface area contributed by atoms with Crippen LogP contribution in [0.3, 0.4) is 0 Å². The molecule has 34 heavy (non-hydrogen) atoms. The van der Waals surface area contributed by atoms with Crippen LogP contribution in [0.1, 0.15) is 34.6 Å². The number of allylic oxidation sites excluding steroid dienone is 1. The summed E-state index contributed by atoms with van der Waals surface area (Å²) in [6, 6.07) is 0. The summed E-state index contributed by atoms with van der Waals surface area (Å²) in [5.41, 5.74) is -2.85. The quantitative estimate of drug-likeness (QED) is 0.250. The molecule has 0 aromatic rings. The molecule has 0 aromatic carbocycles. The summed E-state index contributed by atoms with van der Waals surface area (Å²) in [5.74, 6) is -4.28. The predicted octanol–water partition coefficient (Wildman–Crippen LogP) is 1.28. The molecule has 3 fully saturated rings. The Bertz CT molecular complexity index is 949. The third kappa shape index (κ3) is 3.51. The number of fused-ring (bicyclic) bond motifs is 4. The van der Waals surface area contributed by atoms with Crippen molar-refractivity contribution in [2.75, 3.05) is 0 Å². The van der Waals surface area contributed by atoms with E-state index in [1.807, 2.05) is 0 Å². The fourth-order valence-electron chi connectivity index (χ4n) is 6.29. The van der Waals surface area contributed by atoms with Gasteiger partial charge in [0.2, 0.25) is 0 Å². The first-order valence-electron chi connectivity index (χ1n) is 11.4. The van der Waals surface area contributed by atoms with E-state index in [4.69, 9.17) is 30.5 Å². The molecule has 4 aliphatic rings. The molecule has 0 spiro atoms. The molecule has 0 bridgehead atoms. The minimum absolute atomic E-state index is 0.313. The van der Waals surface area contributed by atoms with Crippen molar-refractivity contribution in [3.63, 3.8) is 0 Å². The van der Waals surface area contributed by atoms with Gasteiger partial charge in [0.05, 0.1) is 23.5 Å². The van der Waals surface area contributed by atoms with Crippen LogP contribution >= 0.6 is 11.6 Å². The minimum atomic E-state index is -2.10. The minimum Gasteiger partial charge on any atom is -0.459 e. The average Bonchev–Trinajstić information content (AvgIpc) is 3.52. The van der Waals surface area contributed by atoms with E-state index in [0.717, 1.165) is 0 Å². The topological polar surface area (TPSA) is 132 Å². The van der Waals surface area contributed by atoms with Gasteiger partial charge in [0, 0.05) is 31.1 Å². The van der Waals surface area contributed by atoms with Crippen LogP contribution in [0.15, 0.2) is 24.3 Å². The summed E-state index contributed by atoms with van der Waals surface area (Å²) >= 11 is 6.59. The number of epoxide rings is 1. The van der Waals surface area contributed by atoms with Crippen LogP contribution in [0.25, 0.3) is 0 Å². The first-order chi connectivity index (χ1) is 15.8. The largest absolute Gasteiger partial charge is 0.459 e. The van der Waals surface area contributed by atoms with Gasteiger partial charge in [-0.25, -0.2) is 0 Å². The number of hydrogen-bond donors (Lipinski definition) is 2.